The second kappa shape index (κ2) is 6.84. The van der Waals surface area contributed by atoms with Crippen molar-refractivity contribution < 1.29 is 4.42 Å². The fourth-order valence-electron chi connectivity index (χ4n) is 2.11. The number of thiophene rings is 1. The average molecular weight is 349 g/mol. The molecule has 3 rings (SSSR count). The van der Waals surface area contributed by atoms with Crippen LogP contribution in [0.15, 0.2) is 27.1 Å². The summed E-state index contributed by atoms with van der Waals surface area (Å²) in [7, 11) is 1.97. The smallest absolute Gasteiger partial charge is 0.229 e. The lowest BCUT2D eigenvalue weighted by Gasteiger charge is -2.06. The number of thioether (sulfide) groups is 1. The van der Waals surface area contributed by atoms with Crippen LogP contribution < -0.4 is 0 Å². The lowest BCUT2D eigenvalue weighted by molar-refractivity contribution is 0.426. The summed E-state index contributed by atoms with van der Waals surface area (Å²) in [6, 6.07) is 4.06. The molecule has 1 atom stereocenters. The maximum Gasteiger partial charge on any atom is 0.229 e. The van der Waals surface area contributed by atoms with Crippen LogP contribution in [0.2, 0.25) is 0 Å². The minimum Gasteiger partial charge on any atom is -0.424 e. The van der Waals surface area contributed by atoms with Gasteiger partial charge in [-0.3, -0.25) is 0 Å². The molecule has 0 fully saturated rings. The minimum atomic E-state index is 0.0301. The number of rotatable bonds is 6. The standard InChI is InChI=1S/C15H19N5OS2/c1-9(2)8-12-16-18-14(21-12)10(3)23-15-19-17-13(20(15)4)11-6-5-7-22-11/h5-7,9-10H,8H2,1-4H3/t10-/m1/s1. The molecule has 0 N–H and O–H groups in total. The van der Waals surface area contributed by atoms with E-state index < -0.39 is 0 Å². The molecule has 0 bridgehead atoms. The van der Waals surface area contributed by atoms with Crippen LogP contribution in [0, 0.1) is 5.92 Å². The summed E-state index contributed by atoms with van der Waals surface area (Å²) in [5, 5.41) is 19.7. The third kappa shape index (κ3) is 3.64. The van der Waals surface area contributed by atoms with Crippen molar-refractivity contribution in [2.75, 3.05) is 0 Å². The third-order valence-corrected chi connectivity index (χ3v) is 5.26. The van der Waals surface area contributed by atoms with E-state index >= 15 is 0 Å². The molecule has 3 aromatic heterocycles. The molecule has 0 aliphatic rings. The van der Waals surface area contributed by atoms with Gasteiger partial charge in [0.05, 0.1) is 10.1 Å². The molecule has 0 aliphatic heterocycles. The predicted molar refractivity (Wildman–Crippen MR) is 91.4 cm³/mol. The van der Waals surface area contributed by atoms with Crippen LogP contribution in [0.1, 0.15) is 37.8 Å². The molecule has 122 valence electrons. The van der Waals surface area contributed by atoms with Gasteiger partial charge < -0.3 is 8.98 Å². The zero-order valence-electron chi connectivity index (χ0n) is 13.6. The first-order valence-corrected chi connectivity index (χ1v) is 9.22. The molecule has 0 saturated heterocycles. The summed E-state index contributed by atoms with van der Waals surface area (Å²) in [6.45, 7) is 6.30. The van der Waals surface area contributed by atoms with Crippen molar-refractivity contribution in [3.8, 4) is 10.7 Å². The third-order valence-electron chi connectivity index (χ3n) is 3.27. The Morgan fingerprint density at radius 2 is 2.04 bits per heavy atom. The summed E-state index contributed by atoms with van der Waals surface area (Å²) in [4.78, 5) is 1.11. The van der Waals surface area contributed by atoms with E-state index in [1.165, 1.54) is 0 Å². The molecule has 6 nitrogen and oxygen atoms in total. The quantitative estimate of drug-likeness (QED) is 0.627. The molecular weight excluding hydrogens is 330 g/mol. The van der Waals surface area contributed by atoms with Crippen LogP contribution in [0.25, 0.3) is 10.7 Å². The lowest BCUT2D eigenvalue weighted by atomic mass is 10.1. The van der Waals surface area contributed by atoms with Crippen molar-refractivity contribution in [2.24, 2.45) is 13.0 Å². The van der Waals surface area contributed by atoms with Crippen molar-refractivity contribution in [1.82, 2.24) is 25.0 Å². The fraction of sp³-hybridized carbons (Fsp3) is 0.467. The Hall–Kier alpha value is -1.67. The van der Waals surface area contributed by atoms with Crippen molar-refractivity contribution in [3.63, 3.8) is 0 Å². The fourth-order valence-corrected chi connectivity index (χ4v) is 3.70. The Labute approximate surface area is 143 Å². The summed E-state index contributed by atoms with van der Waals surface area (Å²) >= 11 is 3.23. The second-order valence-corrected chi connectivity index (χ2v) is 7.99. The highest BCUT2D eigenvalue weighted by atomic mass is 32.2. The second-order valence-electron chi connectivity index (χ2n) is 5.73. The molecule has 0 saturated carbocycles. The molecule has 0 amide bonds. The first-order valence-electron chi connectivity index (χ1n) is 7.46. The zero-order chi connectivity index (χ0) is 16.4. The van der Waals surface area contributed by atoms with Crippen molar-refractivity contribution >= 4 is 23.1 Å². The minimum absolute atomic E-state index is 0.0301. The van der Waals surface area contributed by atoms with Gasteiger partial charge in [-0.15, -0.1) is 31.7 Å². The first kappa shape index (κ1) is 16.2. The van der Waals surface area contributed by atoms with Crippen LogP contribution >= 0.6 is 23.1 Å². The Balaban J connectivity index is 1.73. The van der Waals surface area contributed by atoms with Gasteiger partial charge in [0.1, 0.15) is 0 Å². The largest absolute Gasteiger partial charge is 0.424 e. The lowest BCUT2D eigenvalue weighted by Crippen LogP contribution is -1.96. The van der Waals surface area contributed by atoms with Gasteiger partial charge >= 0.3 is 0 Å². The topological polar surface area (TPSA) is 69.6 Å². The van der Waals surface area contributed by atoms with Gasteiger partial charge in [0.15, 0.2) is 11.0 Å². The Kier molecular flexibility index (Phi) is 4.82. The number of aromatic nitrogens is 5. The normalized spacial score (nSPS) is 12.9. The molecule has 23 heavy (non-hydrogen) atoms. The van der Waals surface area contributed by atoms with Gasteiger partial charge in [-0.25, -0.2) is 0 Å². The average Bonchev–Trinajstić information content (AvgIpc) is 3.21. The van der Waals surface area contributed by atoms with Crippen LogP contribution in [0.5, 0.6) is 0 Å². The van der Waals surface area contributed by atoms with E-state index in [-0.39, 0.29) is 5.25 Å². The van der Waals surface area contributed by atoms with E-state index in [1.54, 1.807) is 23.1 Å². The van der Waals surface area contributed by atoms with E-state index in [4.69, 9.17) is 4.42 Å². The molecule has 0 spiro atoms. The van der Waals surface area contributed by atoms with E-state index in [1.807, 2.05) is 36.1 Å². The van der Waals surface area contributed by atoms with Crippen LogP contribution in [-0.4, -0.2) is 25.0 Å². The van der Waals surface area contributed by atoms with Gasteiger partial charge in [0.25, 0.3) is 0 Å². The highest BCUT2D eigenvalue weighted by Crippen LogP contribution is 2.34. The molecule has 3 aromatic rings. The predicted octanol–water partition coefficient (Wildman–Crippen LogP) is 3.98. The summed E-state index contributed by atoms with van der Waals surface area (Å²) in [5.41, 5.74) is 0. The first-order chi connectivity index (χ1) is 11.0. The zero-order valence-corrected chi connectivity index (χ0v) is 15.2. The molecule has 3 heterocycles. The maximum absolute atomic E-state index is 5.75. The van der Waals surface area contributed by atoms with E-state index in [9.17, 15) is 0 Å². The molecule has 8 heteroatoms. The van der Waals surface area contributed by atoms with Gasteiger partial charge in [-0.05, 0) is 24.3 Å². The van der Waals surface area contributed by atoms with E-state index in [0.29, 0.717) is 17.7 Å². The molecule has 0 aromatic carbocycles. The van der Waals surface area contributed by atoms with Crippen LogP contribution in [-0.2, 0) is 13.5 Å². The highest BCUT2D eigenvalue weighted by Gasteiger charge is 2.20. The van der Waals surface area contributed by atoms with E-state index in [0.717, 1.165) is 22.3 Å². The molecule has 0 unspecified atom stereocenters. The monoisotopic (exact) mass is 349 g/mol. The number of nitrogens with zero attached hydrogens (tertiary/aromatic N) is 5. The van der Waals surface area contributed by atoms with Gasteiger partial charge in [0.2, 0.25) is 11.8 Å². The van der Waals surface area contributed by atoms with Crippen molar-refractivity contribution in [1.29, 1.82) is 0 Å². The number of hydrogen-bond donors (Lipinski definition) is 0. The Morgan fingerprint density at radius 1 is 1.22 bits per heavy atom. The summed E-state index contributed by atoms with van der Waals surface area (Å²) < 4.78 is 7.75. The van der Waals surface area contributed by atoms with Crippen LogP contribution in [0.3, 0.4) is 0 Å². The van der Waals surface area contributed by atoms with Gasteiger partial charge in [-0.2, -0.15) is 0 Å². The SMILES string of the molecule is CC(C)Cc1nnc([C@@H](C)Sc2nnc(-c3cccs3)n2C)o1. The van der Waals surface area contributed by atoms with Crippen molar-refractivity contribution in [3.05, 3.63) is 29.3 Å². The van der Waals surface area contributed by atoms with Gasteiger partial charge in [-0.1, -0.05) is 31.7 Å². The molecule has 0 aliphatic carbocycles. The number of hydrogen-bond acceptors (Lipinski definition) is 7. The summed E-state index contributed by atoms with van der Waals surface area (Å²) in [5.74, 6) is 2.70. The Bertz CT molecular complexity index is 763. The maximum atomic E-state index is 5.75. The highest BCUT2D eigenvalue weighted by molar-refractivity contribution is 7.99. The van der Waals surface area contributed by atoms with E-state index in [2.05, 4.69) is 34.2 Å². The molecular formula is C15H19N5OS2. The van der Waals surface area contributed by atoms with Crippen LogP contribution in [0.4, 0.5) is 0 Å². The summed E-state index contributed by atoms with van der Waals surface area (Å²) in [6.07, 6.45) is 0.802. The Morgan fingerprint density at radius 3 is 2.74 bits per heavy atom. The van der Waals surface area contributed by atoms with Crippen molar-refractivity contribution in [2.45, 2.75) is 37.6 Å². The van der Waals surface area contributed by atoms with Gasteiger partial charge in [0, 0.05) is 13.5 Å². The molecule has 0 radical (unpaired) electrons.